The van der Waals surface area contributed by atoms with E-state index in [1.165, 1.54) is 18.9 Å². The molecule has 1 aromatic rings. The van der Waals surface area contributed by atoms with Crippen molar-refractivity contribution in [3.05, 3.63) is 35.6 Å². The Hall–Kier alpha value is -1.13. The average molecular weight is 341 g/mol. The molecule has 0 aromatic heterocycles. The van der Waals surface area contributed by atoms with Crippen LogP contribution < -0.4 is 10.6 Å². The van der Waals surface area contributed by atoms with E-state index >= 15 is 0 Å². The quantitative estimate of drug-likeness (QED) is 0.864. The minimum absolute atomic E-state index is 0. The summed E-state index contributed by atoms with van der Waals surface area (Å²) < 4.78 is 13.2. The van der Waals surface area contributed by atoms with Crippen LogP contribution in [-0.4, -0.2) is 25.0 Å². The molecule has 0 bridgehead atoms. The summed E-state index contributed by atoms with van der Waals surface area (Å²) in [6.07, 6.45) is 3.95. The van der Waals surface area contributed by atoms with Crippen molar-refractivity contribution in [1.29, 1.82) is 0 Å². The summed E-state index contributed by atoms with van der Waals surface area (Å²) in [5.41, 5.74) is 0.995. The van der Waals surface area contributed by atoms with Gasteiger partial charge in [-0.25, -0.2) is 4.39 Å². The molecule has 2 fully saturated rings. The molecule has 23 heavy (non-hydrogen) atoms. The molecule has 1 aliphatic heterocycles. The van der Waals surface area contributed by atoms with Crippen LogP contribution in [0.5, 0.6) is 0 Å². The first-order chi connectivity index (χ1) is 10.6. The lowest BCUT2D eigenvalue weighted by atomic mass is 9.85. The number of hydrogen-bond donors (Lipinski definition) is 2. The lowest BCUT2D eigenvalue weighted by molar-refractivity contribution is -0.122. The first-order valence-electron chi connectivity index (χ1n) is 8.39. The maximum Gasteiger partial charge on any atom is 0.220 e. The summed E-state index contributed by atoms with van der Waals surface area (Å²) in [6.45, 7) is 4.31. The van der Waals surface area contributed by atoms with E-state index < -0.39 is 0 Å². The topological polar surface area (TPSA) is 41.1 Å². The van der Waals surface area contributed by atoms with Crippen LogP contribution in [0, 0.1) is 17.7 Å². The van der Waals surface area contributed by atoms with Gasteiger partial charge in [0.1, 0.15) is 5.82 Å². The van der Waals surface area contributed by atoms with Crippen molar-refractivity contribution in [3.8, 4) is 0 Å². The lowest BCUT2D eigenvalue weighted by Gasteiger charge is -2.28. The summed E-state index contributed by atoms with van der Waals surface area (Å²) in [4.78, 5) is 12.2. The summed E-state index contributed by atoms with van der Waals surface area (Å²) in [5, 5.41) is 6.52. The zero-order valence-electron chi connectivity index (χ0n) is 13.6. The molecule has 1 aromatic carbocycles. The molecule has 3 rings (SSSR count). The minimum Gasteiger partial charge on any atom is -0.353 e. The minimum atomic E-state index is -0.201. The van der Waals surface area contributed by atoms with Crippen molar-refractivity contribution in [2.24, 2.45) is 11.8 Å². The molecule has 1 heterocycles. The molecular formula is C18H26ClFN2O. The first-order valence-corrected chi connectivity index (χ1v) is 8.39. The number of benzene rings is 1. The van der Waals surface area contributed by atoms with Gasteiger partial charge in [-0.2, -0.15) is 0 Å². The second-order valence-corrected chi connectivity index (χ2v) is 6.86. The van der Waals surface area contributed by atoms with Gasteiger partial charge in [0.15, 0.2) is 0 Å². The molecule has 2 aliphatic rings. The van der Waals surface area contributed by atoms with Crippen molar-refractivity contribution >= 4 is 18.3 Å². The third-order valence-electron chi connectivity index (χ3n) is 5.06. The number of amides is 1. The zero-order valence-corrected chi connectivity index (χ0v) is 14.4. The van der Waals surface area contributed by atoms with Gasteiger partial charge in [-0.15, -0.1) is 12.4 Å². The third kappa shape index (κ3) is 4.92. The van der Waals surface area contributed by atoms with Gasteiger partial charge in [0.05, 0.1) is 0 Å². The number of hydrogen-bond acceptors (Lipinski definition) is 2. The molecule has 1 saturated heterocycles. The van der Waals surface area contributed by atoms with Gasteiger partial charge in [0.2, 0.25) is 5.91 Å². The molecule has 4 unspecified atom stereocenters. The van der Waals surface area contributed by atoms with Gasteiger partial charge < -0.3 is 10.6 Å². The number of rotatable bonds is 5. The molecular weight excluding hydrogens is 315 g/mol. The second kappa shape index (κ2) is 8.11. The Morgan fingerprint density at radius 2 is 2.30 bits per heavy atom. The predicted octanol–water partition coefficient (Wildman–Crippen LogP) is 3.25. The smallest absolute Gasteiger partial charge is 0.220 e. The molecule has 1 aliphatic carbocycles. The zero-order chi connectivity index (χ0) is 15.5. The fourth-order valence-electron chi connectivity index (χ4n) is 3.55. The van der Waals surface area contributed by atoms with Crippen LogP contribution in [0.3, 0.4) is 0 Å². The Morgan fingerprint density at radius 1 is 1.48 bits per heavy atom. The SMILES string of the molecule is CC(CC(=O)NC1CC1c1cccc(F)c1)C1CCCNC1.Cl. The number of halogens is 2. The molecule has 3 nitrogen and oxygen atoms in total. The third-order valence-corrected chi connectivity index (χ3v) is 5.06. The second-order valence-electron chi connectivity index (χ2n) is 6.86. The van der Waals surface area contributed by atoms with Crippen LogP contribution >= 0.6 is 12.4 Å². The Balaban J connectivity index is 0.00000192. The number of carbonyl (C=O) groups is 1. The van der Waals surface area contributed by atoms with E-state index in [0.717, 1.165) is 25.1 Å². The molecule has 4 atom stereocenters. The van der Waals surface area contributed by atoms with E-state index in [9.17, 15) is 9.18 Å². The van der Waals surface area contributed by atoms with Gasteiger partial charge >= 0.3 is 0 Å². The van der Waals surface area contributed by atoms with Crippen LogP contribution in [0.15, 0.2) is 24.3 Å². The van der Waals surface area contributed by atoms with Gasteiger partial charge in [0.25, 0.3) is 0 Å². The highest BCUT2D eigenvalue weighted by Crippen LogP contribution is 2.41. The van der Waals surface area contributed by atoms with E-state index in [4.69, 9.17) is 0 Å². The summed E-state index contributed by atoms with van der Waals surface area (Å²) in [7, 11) is 0. The Kier molecular flexibility index (Phi) is 6.42. The van der Waals surface area contributed by atoms with E-state index in [1.807, 2.05) is 6.07 Å². The molecule has 128 valence electrons. The summed E-state index contributed by atoms with van der Waals surface area (Å²) in [5.74, 6) is 1.25. The highest BCUT2D eigenvalue weighted by atomic mass is 35.5. The summed E-state index contributed by atoms with van der Waals surface area (Å²) in [6, 6.07) is 6.90. The Labute approximate surface area is 143 Å². The van der Waals surface area contributed by atoms with Crippen molar-refractivity contribution in [2.45, 2.75) is 44.6 Å². The van der Waals surface area contributed by atoms with E-state index in [-0.39, 0.29) is 36.1 Å². The fourth-order valence-corrected chi connectivity index (χ4v) is 3.55. The molecule has 1 saturated carbocycles. The number of carbonyl (C=O) groups excluding carboxylic acids is 1. The van der Waals surface area contributed by atoms with Crippen molar-refractivity contribution < 1.29 is 9.18 Å². The summed E-state index contributed by atoms with van der Waals surface area (Å²) >= 11 is 0. The van der Waals surface area contributed by atoms with Gasteiger partial charge in [-0.3, -0.25) is 4.79 Å². The number of nitrogens with one attached hydrogen (secondary N) is 2. The normalized spacial score (nSPS) is 27.7. The van der Waals surface area contributed by atoms with Crippen LogP contribution in [0.1, 0.15) is 44.1 Å². The largest absolute Gasteiger partial charge is 0.353 e. The van der Waals surface area contributed by atoms with Gasteiger partial charge in [-0.1, -0.05) is 19.1 Å². The van der Waals surface area contributed by atoms with E-state index in [2.05, 4.69) is 17.6 Å². The highest BCUT2D eigenvalue weighted by molar-refractivity contribution is 5.85. The van der Waals surface area contributed by atoms with Crippen molar-refractivity contribution in [2.75, 3.05) is 13.1 Å². The van der Waals surface area contributed by atoms with Gasteiger partial charge in [0, 0.05) is 18.4 Å². The Morgan fingerprint density at radius 3 is 3.00 bits per heavy atom. The van der Waals surface area contributed by atoms with Crippen molar-refractivity contribution in [1.82, 2.24) is 10.6 Å². The Bertz CT molecular complexity index is 534. The van der Waals surface area contributed by atoms with Crippen LogP contribution in [0.4, 0.5) is 4.39 Å². The molecule has 5 heteroatoms. The molecule has 1 amide bonds. The average Bonchev–Trinajstić information content (AvgIpc) is 3.27. The predicted molar refractivity (Wildman–Crippen MR) is 92.3 cm³/mol. The highest BCUT2D eigenvalue weighted by Gasteiger charge is 2.39. The van der Waals surface area contributed by atoms with Crippen LogP contribution in [0.2, 0.25) is 0 Å². The maximum absolute atomic E-state index is 13.2. The van der Waals surface area contributed by atoms with E-state index in [0.29, 0.717) is 18.3 Å². The standard InChI is InChI=1S/C18H25FN2O.ClH/c1-12(14-5-3-7-20-11-14)8-18(22)21-17-10-16(17)13-4-2-6-15(19)9-13;/h2,4,6,9,12,14,16-17,20H,3,5,7-8,10-11H2,1H3,(H,21,22);1H. The van der Waals surface area contributed by atoms with Crippen molar-refractivity contribution in [3.63, 3.8) is 0 Å². The van der Waals surface area contributed by atoms with Gasteiger partial charge in [-0.05, 0) is 61.9 Å². The first kappa shape index (κ1) is 18.2. The van der Waals surface area contributed by atoms with Crippen LogP contribution in [-0.2, 0) is 4.79 Å². The van der Waals surface area contributed by atoms with Crippen LogP contribution in [0.25, 0.3) is 0 Å². The fraction of sp³-hybridized carbons (Fsp3) is 0.611. The van der Waals surface area contributed by atoms with E-state index in [1.54, 1.807) is 12.1 Å². The monoisotopic (exact) mass is 340 g/mol. The number of piperidine rings is 1. The maximum atomic E-state index is 13.2. The molecule has 2 N–H and O–H groups in total. The molecule has 0 spiro atoms. The lowest BCUT2D eigenvalue weighted by Crippen LogP contribution is -2.36. The molecule has 0 radical (unpaired) electrons.